The highest BCUT2D eigenvalue weighted by Crippen LogP contribution is 2.27. The molecule has 1 aliphatic heterocycles. The highest BCUT2D eigenvalue weighted by Gasteiger charge is 2.39. The van der Waals surface area contributed by atoms with Gasteiger partial charge in [0.1, 0.15) is 5.69 Å². The minimum Gasteiger partial charge on any atom is -0.347 e. The van der Waals surface area contributed by atoms with Crippen molar-refractivity contribution in [2.75, 3.05) is 11.5 Å². The van der Waals surface area contributed by atoms with E-state index in [1.54, 1.807) is 30.6 Å². The van der Waals surface area contributed by atoms with Gasteiger partial charge in [0.2, 0.25) is 5.91 Å². The van der Waals surface area contributed by atoms with Crippen molar-refractivity contribution in [2.45, 2.75) is 44.7 Å². The van der Waals surface area contributed by atoms with Crippen LogP contribution in [0.1, 0.15) is 43.1 Å². The Morgan fingerprint density at radius 2 is 1.78 bits per heavy atom. The maximum Gasteiger partial charge on any atom is 0.270 e. The van der Waals surface area contributed by atoms with Crippen molar-refractivity contribution in [1.29, 1.82) is 0 Å². The third kappa shape index (κ3) is 5.35. The molecule has 0 bridgehead atoms. The Kier molecular flexibility index (Phi) is 6.62. The monoisotopic (exact) mass is 520 g/mol. The van der Waals surface area contributed by atoms with Crippen LogP contribution in [-0.4, -0.2) is 53.8 Å². The molecule has 0 spiro atoms. The summed E-state index contributed by atoms with van der Waals surface area (Å²) in [5, 5.41) is 6.32. The summed E-state index contributed by atoms with van der Waals surface area (Å²) in [6.45, 7) is 2.20. The average molecular weight is 521 g/mol. The largest absolute Gasteiger partial charge is 0.347 e. The summed E-state index contributed by atoms with van der Waals surface area (Å²) in [6.07, 6.45) is 8.71. The molecule has 1 saturated carbocycles. The van der Waals surface area contributed by atoms with Crippen molar-refractivity contribution in [2.24, 2.45) is 5.92 Å². The number of halogens is 1. The van der Waals surface area contributed by atoms with Crippen LogP contribution in [0.15, 0.2) is 40.6 Å². The Hall–Kier alpha value is -2.33. The summed E-state index contributed by atoms with van der Waals surface area (Å²) >= 11 is 3.37. The first-order chi connectivity index (χ1) is 15.2. The molecule has 2 aromatic heterocycles. The van der Waals surface area contributed by atoms with Crippen molar-refractivity contribution in [3.63, 3.8) is 0 Å². The molecule has 1 saturated heterocycles. The minimum atomic E-state index is -3.39. The lowest BCUT2D eigenvalue weighted by Gasteiger charge is -2.22. The number of nitrogens with one attached hydrogen (secondary N) is 2. The van der Waals surface area contributed by atoms with E-state index in [0.29, 0.717) is 15.9 Å². The van der Waals surface area contributed by atoms with Gasteiger partial charge in [-0.05, 0) is 59.7 Å². The lowest BCUT2D eigenvalue weighted by atomic mass is 9.87. The van der Waals surface area contributed by atoms with E-state index in [0.717, 1.165) is 36.6 Å². The second kappa shape index (κ2) is 9.27. The van der Waals surface area contributed by atoms with Crippen LogP contribution >= 0.6 is 15.9 Å². The first-order valence-corrected chi connectivity index (χ1v) is 13.2. The van der Waals surface area contributed by atoms with Crippen molar-refractivity contribution in [3.05, 3.63) is 46.3 Å². The van der Waals surface area contributed by atoms with E-state index in [4.69, 9.17) is 0 Å². The molecule has 2 N–H and O–H groups in total. The molecule has 1 aliphatic carbocycles. The van der Waals surface area contributed by atoms with Gasteiger partial charge in [-0.2, -0.15) is 0 Å². The number of amides is 2. The van der Waals surface area contributed by atoms with Gasteiger partial charge in [-0.3, -0.25) is 14.6 Å². The van der Waals surface area contributed by atoms with Crippen LogP contribution in [0, 0.1) is 5.92 Å². The highest BCUT2D eigenvalue weighted by atomic mass is 79.9. The number of nitrogens with zero attached hydrogens (tertiary/aromatic N) is 2. The van der Waals surface area contributed by atoms with E-state index in [-0.39, 0.29) is 23.1 Å². The summed E-state index contributed by atoms with van der Waals surface area (Å²) in [4.78, 5) is 33.8. The predicted octanol–water partition coefficient (Wildman–Crippen LogP) is 2.54. The van der Waals surface area contributed by atoms with E-state index >= 15 is 0 Å². The SMILES string of the molecule is CC1CCC(=CC(=O)NC2CS(=O)(=O)CC2NC(=O)c2ccc3cncc(Br)c3n2)CC1. The molecular formula is C22H25BrN4O4S. The molecule has 2 unspecified atom stereocenters. The summed E-state index contributed by atoms with van der Waals surface area (Å²) in [5.41, 5.74) is 1.84. The molecule has 2 aromatic rings. The minimum absolute atomic E-state index is 0.164. The van der Waals surface area contributed by atoms with Crippen molar-refractivity contribution < 1.29 is 18.0 Å². The van der Waals surface area contributed by atoms with Crippen molar-refractivity contribution in [1.82, 2.24) is 20.6 Å². The first-order valence-electron chi connectivity index (χ1n) is 10.6. The number of hydrogen-bond donors (Lipinski definition) is 2. The van der Waals surface area contributed by atoms with Gasteiger partial charge in [-0.15, -0.1) is 0 Å². The van der Waals surface area contributed by atoms with Crippen LogP contribution in [0.3, 0.4) is 0 Å². The molecule has 0 radical (unpaired) electrons. The highest BCUT2D eigenvalue weighted by molar-refractivity contribution is 9.10. The Morgan fingerprint density at radius 3 is 2.50 bits per heavy atom. The Labute approximate surface area is 195 Å². The van der Waals surface area contributed by atoms with Gasteiger partial charge in [0.05, 0.1) is 33.6 Å². The van der Waals surface area contributed by atoms with Crippen LogP contribution in [0.5, 0.6) is 0 Å². The quantitative estimate of drug-likeness (QED) is 0.598. The van der Waals surface area contributed by atoms with E-state index in [1.165, 1.54) is 0 Å². The Balaban J connectivity index is 1.46. The normalized spacial score (nSPS) is 24.8. The zero-order chi connectivity index (χ0) is 22.9. The topological polar surface area (TPSA) is 118 Å². The number of sulfone groups is 1. The maximum atomic E-state index is 12.8. The fourth-order valence-electron chi connectivity index (χ4n) is 4.20. The number of carbonyl (C=O) groups excluding carboxylic acids is 2. The third-order valence-corrected chi connectivity index (χ3v) is 8.35. The van der Waals surface area contributed by atoms with Gasteiger partial charge in [-0.1, -0.05) is 12.5 Å². The number of aromatic nitrogens is 2. The first kappa shape index (κ1) is 22.8. The smallest absolute Gasteiger partial charge is 0.270 e. The summed E-state index contributed by atoms with van der Waals surface area (Å²) in [5.74, 6) is -0.561. The standard InChI is InChI=1S/C22H25BrN4O4S/c1-13-2-4-14(5-3-13)8-20(28)25-18-11-32(30,31)12-19(18)27-22(29)17-7-6-15-9-24-10-16(23)21(15)26-17/h6-10,13,18-19H,2-5,11-12H2,1H3,(H,25,28)(H,27,29). The number of pyridine rings is 2. The van der Waals surface area contributed by atoms with Crippen LogP contribution < -0.4 is 10.6 Å². The van der Waals surface area contributed by atoms with Gasteiger partial charge >= 0.3 is 0 Å². The molecule has 32 heavy (non-hydrogen) atoms. The third-order valence-electron chi connectivity index (χ3n) is 6.04. The number of hydrogen-bond acceptors (Lipinski definition) is 6. The second-order valence-electron chi connectivity index (χ2n) is 8.65. The van der Waals surface area contributed by atoms with E-state index in [2.05, 4.69) is 43.5 Å². The Bertz CT molecular complexity index is 1190. The Morgan fingerprint density at radius 1 is 1.09 bits per heavy atom. The van der Waals surface area contributed by atoms with E-state index in [1.807, 2.05) is 0 Å². The van der Waals surface area contributed by atoms with Gasteiger partial charge in [-0.25, -0.2) is 13.4 Å². The molecule has 3 heterocycles. The van der Waals surface area contributed by atoms with Gasteiger partial charge in [0, 0.05) is 23.9 Å². The summed E-state index contributed by atoms with van der Waals surface area (Å²) in [6, 6.07) is 1.89. The second-order valence-corrected chi connectivity index (χ2v) is 11.7. The summed E-state index contributed by atoms with van der Waals surface area (Å²) in [7, 11) is -3.39. The number of allylic oxidation sites excluding steroid dienone is 1. The lowest BCUT2D eigenvalue weighted by molar-refractivity contribution is -0.117. The lowest BCUT2D eigenvalue weighted by Crippen LogP contribution is -2.50. The molecule has 8 nitrogen and oxygen atoms in total. The zero-order valence-corrected chi connectivity index (χ0v) is 20.1. The van der Waals surface area contributed by atoms with Gasteiger partial charge in [0.15, 0.2) is 9.84 Å². The molecule has 170 valence electrons. The van der Waals surface area contributed by atoms with Crippen molar-refractivity contribution >= 4 is 48.5 Å². The van der Waals surface area contributed by atoms with Crippen molar-refractivity contribution in [3.8, 4) is 0 Å². The summed E-state index contributed by atoms with van der Waals surface area (Å²) < 4.78 is 25.2. The molecule has 2 atom stereocenters. The molecule has 10 heteroatoms. The number of rotatable bonds is 4. The average Bonchev–Trinajstić information content (AvgIpc) is 3.02. The fraction of sp³-hybridized carbons (Fsp3) is 0.455. The van der Waals surface area contributed by atoms with Crippen LogP contribution in [0.4, 0.5) is 0 Å². The van der Waals surface area contributed by atoms with Crippen LogP contribution in [0.25, 0.3) is 10.9 Å². The molecule has 0 aromatic carbocycles. The van der Waals surface area contributed by atoms with Gasteiger partial charge in [0.25, 0.3) is 5.91 Å². The molecule has 4 rings (SSSR count). The molecule has 2 amide bonds. The molecule has 2 aliphatic rings. The maximum absolute atomic E-state index is 12.8. The molecular weight excluding hydrogens is 496 g/mol. The zero-order valence-electron chi connectivity index (χ0n) is 17.7. The number of carbonyl (C=O) groups is 2. The van der Waals surface area contributed by atoms with Gasteiger partial charge < -0.3 is 10.6 Å². The van der Waals surface area contributed by atoms with E-state index < -0.39 is 27.8 Å². The van der Waals surface area contributed by atoms with E-state index in [9.17, 15) is 18.0 Å². The number of fused-ring (bicyclic) bond motifs is 1. The predicted molar refractivity (Wildman–Crippen MR) is 125 cm³/mol. The fourth-order valence-corrected chi connectivity index (χ4v) is 6.49. The molecule has 2 fully saturated rings. The van der Waals surface area contributed by atoms with Crippen LogP contribution in [0.2, 0.25) is 0 Å². The van der Waals surface area contributed by atoms with Crippen LogP contribution in [-0.2, 0) is 14.6 Å².